The van der Waals surface area contributed by atoms with Gasteiger partial charge >= 0.3 is 0 Å². The Morgan fingerprint density at radius 2 is 2.25 bits per heavy atom. The number of amides is 1. The Hall–Kier alpha value is -1.91. The molecule has 1 unspecified atom stereocenters. The Bertz CT molecular complexity index is 457. The molecule has 0 saturated carbocycles. The number of nitrogens with zero attached hydrogens (tertiary/aromatic N) is 1. The van der Waals surface area contributed by atoms with Crippen LogP contribution in [0.15, 0.2) is 18.2 Å². The number of fused-ring (bicyclic) bond motifs is 1. The Morgan fingerprint density at radius 1 is 1.50 bits per heavy atom. The smallest absolute Gasteiger partial charge is 0.270 e. The fraction of sp³-hybridized carbons (Fsp3) is 0.364. The van der Waals surface area contributed by atoms with Gasteiger partial charge in [0.1, 0.15) is 0 Å². The normalized spacial score (nSPS) is 19.6. The molecule has 1 aliphatic heterocycles. The number of nitro groups is 1. The summed E-state index contributed by atoms with van der Waals surface area (Å²) >= 11 is 0. The molecule has 0 aliphatic carbocycles. The van der Waals surface area contributed by atoms with Crippen LogP contribution in [0.25, 0.3) is 0 Å². The summed E-state index contributed by atoms with van der Waals surface area (Å²) in [6.07, 6.45) is 1.63. The van der Waals surface area contributed by atoms with Gasteiger partial charge < -0.3 is 5.32 Å². The number of nitrogens with one attached hydrogen (secondary N) is 1. The third-order valence-electron chi connectivity index (χ3n) is 2.77. The molecule has 0 radical (unpaired) electrons. The lowest BCUT2D eigenvalue weighted by molar-refractivity contribution is -0.384. The van der Waals surface area contributed by atoms with Crippen molar-refractivity contribution in [1.82, 2.24) is 5.32 Å². The first-order valence-corrected chi connectivity index (χ1v) is 5.16. The highest BCUT2D eigenvalue weighted by atomic mass is 16.6. The van der Waals surface area contributed by atoms with Crippen molar-refractivity contribution >= 4 is 11.6 Å². The Balaban J connectivity index is 2.45. The van der Waals surface area contributed by atoms with E-state index < -0.39 is 4.92 Å². The second-order valence-electron chi connectivity index (χ2n) is 4.01. The first kappa shape index (κ1) is 10.6. The number of nitro benzene ring substituents is 1. The molecular weight excluding hydrogens is 208 g/mol. The number of carbonyl (C=O) groups excluding carboxylic acids is 1. The van der Waals surface area contributed by atoms with E-state index in [2.05, 4.69) is 5.32 Å². The molecule has 0 bridgehead atoms. The molecule has 0 aromatic heterocycles. The summed E-state index contributed by atoms with van der Waals surface area (Å²) in [7, 11) is 0. The predicted octanol–water partition coefficient (Wildman–Crippen LogP) is 1.66. The van der Waals surface area contributed by atoms with Crippen molar-refractivity contribution in [2.45, 2.75) is 25.8 Å². The molecular formula is C11H12N2O3. The van der Waals surface area contributed by atoms with Gasteiger partial charge in [-0.15, -0.1) is 0 Å². The number of rotatable bonds is 1. The van der Waals surface area contributed by atoms with Gasteiger partial charge in [-0.2, -0.15) is 0 Å². The predicted molar refractivity (Wildman–Crippen MR) is 58.3 cm³/mol. The summed E-state index contributed by atoms with van der Waals surface area (Å²) in [5.74, 6) is -0.219. The van der Waals surface area contributed by atoms with E-state index in [0.29, 0.717) is 5.56 Å². The maximum atomic E-state index is 11.8. The first-order chi connectivity index (χ1) is 7.58. The third kappa shape index (κ3) is 1.88. The van der Waals surface area contributed by atoms with Gasteiger partial charge in [-0.1, -0.05) is 6.07 Å². The number of hydrogen-bond acceptors (Lipinski definition) is 3. The van der Waals surface area contributed by atoms with Crippen molar-refractivity contribution in [1.29, 1.82) is 0 Å². The topological polar surface area (TPSA) is 72.2 Å². The van der Waals surface area contributed by atoms with E-state index in [1.54, 1.807) is 6.07 Å². The van der Waals surface area contributed by atoms with Crippen LogP contribution >= 0.6 is 0 Å². The van der Waals surface area contributed by atoms with Crippen molar-refractivity contribution in [3.63, 3.8) is 0 Å². The Labute approximate surface area is 92.6 Å². The highest BCUT2D eigenvalue weighted by molar-refractivity contribution is 5.96. The lowest BCUT2D eigenvalue weighted by Gasteiger charge is -2.07. The molecule has 1 aromatic carbocycles. The summed E-state index contributed by atoms with van der Waals surface area (Å²) in [5, 5.41) is 13.4. The van der Waals surface area contributed by atoms with E-state index in [1.807, 2.05) is 6.92 Å². The molecule has 0 fully saturated rings. The van der Waals surface area contributed by atoms with Crippen molar-refractivity contribution < 1.29 is 9.72 Å². The maximum Gasteiger partial charge on any atom is 0.270 e. The van der Waals surface area contributed by atoms with E-state index in [1.165, 1.54) is 12.1 Å². The molecule has 1 aromatic rings. The summed E-state index contributed by atoms with van der Waals surface area (Å²) in [6, 6.07) is 4.58. The zero-order valence-electron chi connectivity index (χ0n) is 8.90. The highest BCUT2D eigenvalue weighted by Gasteiger charge is 2.21. The van der Waals surface area contributed by atoms with Crippen LogP contribution in [0.2, 0.25) is 0 Å². The van der Waals surface area contributed by atoms with Crippen LogP contribution in [-0.2, 0) is 6.42 Å². The van der Waals surface area contributed by atoms with Crippen LogP contribution in [0.3, 0.4) is 0 Å². The molecule has 0 saturated heterocycles. The van der Waals surface area contributed by atoms with Crippen LogP contribution in [-0.4, -0.2) is 16.9 Å². The highest BCUT2D eigenvalue weighted by Crippen LogP contribution is 2.21. The van der Waals surface area contributed by atoms with E-state index in [9.17, 15) is 14.9 Å². The molecule has 1 heterocycles. The molecule has 2 rings (SSSR count). The summed E-state index contributed by atoms with van der Waals surface area (Å²) in [6.45, 7) is 1.93. The van der Waals surface area contributed by atoms with E-state index >= 15 is 0 Å². The summed E-state index contributed by atoms with van der Waals surface area (Å²) in [4.78, 5) is 21.9. The van der Waals surface area contributed by atoms with E-state index in [-0.39, 0.29) is 17.6 Å². The van der Waals surface area contributed by atoms with Crippen molar-refractivity contribution in [3.05, 3.63) is 39.4 Å². The minimum atomic E-state index is -0.484. The average molecular weight is 220 g/mol. The van der Waals surface area contributed by atoms with Gasteiger partial charge in [-0.05, 0) is 25.3 Å². The molecule has 0 spiro atoms. The molecule has 1 atom stereocenters. The van der Waals surface area contributed by atoms with Crippen molar-refractivity contribution in [3.8, 4) is 0 Å². The second-order valence-corrected chi connectivity index (χ2v) is 4.01. The molecule has 1 aliphatic rings. The zero-order chi connectivity index (χ0) is 11.7. The van der Waals surface area contributed by atoms with Gasteiger partial charge in [0, 0.05) is 23.7 Å². The van der Waals surface area contributed by atoms with Crippen LogP contribution in [0.5, 0.6) is 0 Å². The van der Waals surface area contributed by atoms with Crippen LogP contribution < -0.4 is 5.32 Å². The van der Waals surface area contributed by atoms with Gasteiger partial charge in [0.25, 0.3) is 11.6 Å². The van der Waals surface area contributed by atoms with E-state index in [0.717, 1.165) is 18.4 Å². The molecule has 5 heteroatoms. The van der Waals surface area contributed by atoms with Gasteiger partial charge in [0.05, 0.1) is 4.92 Å². The van der Waals surface area contributed by atoms with Gasteiger partial charge in [-0.3, -0.25) is 14.9 Å². The quantitative estimate of drug-likeness (QED) is 0.577. The molecule has 5 nitrogen and oxygen atoms in total. The fourth-order valence-corrected chi connectivity index (χ4v) is 1.85. The molecule has 1 amide bonds. The summed E-state index contributed by atoms with van der Waals surface area (Å²) < 4.78 is 0. The van der Waals surface area contributed by atoms with E-state index in [4.69, 9.17) is 0 Å². The number of benzene rings is 1. The van der Waals surface area contributed by atoms with Crippen LogP contribution in [0, 0.1) is 10.1 Å². The van der Waals surface area contributed by atoms with Crippen molar-refractivity contribution in [2.24, 2.45) is 0 Å². The van der Waals surface area contributed by atoms with Crippen molar-refractivity contribution in [2.75, 3.05) is 0 Å². The monoisotopic (exact) mass is 220 g/mol. The standard InChI is InChI=1S/C11H12N2O3/c1-7-2-3-8-4-5-9(13(15)16)6-10(8)11(14)12-7/h4-7H,2-3H2,1H3,(H,12,14). The second kappa shape index (κ2) is 3.92. The van der Waals surface area contributed by atoms with Gasteiger partial charge in [0.15, 0.2) is 0 Å². The van der Waals surface area contributed by atoms with Gasteiger partial charge in [0.2, 0.25) is 0 Å². The first-order valence-electron chi connectivity index (χ1n) is 5.16. The number of aryl methyl sites for hydroxylation is 1. The molecule has 84 valence electrons. The average Bonchev–Trinajstić information content (AvgIpc) is 2.38. The third-order valence-corrected chi connectivity index (χ3v) is 2.77. The fourth-order valence-electron chi connectivity index (χ4n) is 1.85. The lowest BCUT2D eigenvalue weighted by Crippen LogP contribution is -2.30. The largest absolute Gasteiger partial charge is 0.350 e. The summed E-state index contributed by atoms with van der Waals surface area (Å²) in [5.41, 5.74) is 1.27. The van der Waals surface area contributed by atoms with Crippen LogP contribution in [0.1, 0.15) is 29.3 Å². The number of carbonyl (C=O) groups is 1. The molecule has 1 N–H and O–H groups in total. The lowest BCUT2D eigenvalue weighted by atomic mass is 10.0. The zero-order valence-corrected chi connectivity index (χ0v) is 8.90. The van der Waals surface area contributed by atoms with Crippen LogP contribution in [0.4, 0.5) is 5.69 Å². The number of hydrogen-bond donors (Lipinski definition) is 1. The Morgan fingerprint density at radius 3 is 2.94 bits per heavy atom. The maximum absolute atomic E-state index is 11.8. The SMILES string of the molecule is CC1CCc2ccc([N+](=O)[O-])cc2C(=O)N1. The minimum Gasteiger partial charge on any atom is -0.350 e. The molecule has 16 heavy (non-hydrogen) atoms. The number of non-ortho nitro benzene ring substituents is 1. The Kier molecular flexibility index (Phi) is 2.60. The minimum absolute atomic E-state index is 0.0385. The van der Waals surface area contributed by atoms with Gasteiger partial charge in [-0.25, -0.2) is 0 Å².